The van der Waals surface area contributed by atoms with Crippen LogP contribution in [0, 0.1) is 12.7 Å². The number of halogens is 1. The van der Waals surface area contributed by atoms with Gasteiger partial charge in [-0.15, -0.1) is 11.3 Å². The minimum absolute atomic E-state index is 0.296. The number of hydrogen-bond donors (Lipinski definition) is 2. The first kappa shape index (κ1) is 18.1. The molecule has 4 aromatic rings. The number of aromatic nitrogens is 2. The van der Waals surface area contributed by atoms with Crippen molar-refractivity contribution < 1.29 is 14.0 Å². The number of ketones is 1. The molecule has 2 aromatic heterocycles. The highest BCUT2D eigenvalue weighted by atomic mass is 32.1. The lowest BCUT2D eigenvalue weighted by Gasteiger charge is -2.02. The first-order valence-corrected chi connectivity index (χ1v) is 9.45. The van der Waals surface area contributed by atoms with Crippen molar-refractivity contribution in [2.45, 2.75) is 13.3 Å². The molecule has 0 atom stereocenters. The Hall–Kier alpha value is -3.32. The fraction of sp³-hybridized carbons (Fsp3) is 0.0952. The maximum atomic E-state index is 13.3. The van der Waals surface area contributed by atoms with Crippen molar-refractivity contribution in [1.29, 1.82) is 0 Å². The molecule has 0 unspecified atom stereocenters. The number of nitrogens with one attached hydrogen (secondary N) is 2. The summed E-state index contributed by atoms with van der Waals surface area (Å²) in [6, 6.07) is 13.7. The van der Waals surface area contributed by atoms with E-state index < -0.39 is 11.7 Å². The summed E-state index contributed by atoms with van der Waals surface area (Å²) in [5, 5.41) is 3.62. The molecule has 0 saturated carbocycles. The zero-order valence-electron chi connectivity index (χ0n) is 15.0. The third kappa shape index (κ3) is 3.57. The van der Waals surface area contributed by atoms with Gasteiger partial charge in [-0.1, -0.05) is 30.3 Å². The number of thiazole rings is 1. The molecule has 4 rings (SSSR count). The van der Waals surface area contributed by atoms with Gasteiger partial charge in [-0.05, 0) is 30.7 Å². The molecule has 0 spiro atoms. The molecule has 28 heavy (non-hydrogen) atoms. The van der Waals surface area contributed by atoms with Crippen molar-refractivity contribution in [1.82, 2.24) is 9.97 Å². The molecule has 0 bridgehead atoms. The fourth-order valence-electron chi connectivity index (χ4n) is 3.13. The molecule has 0 radical (unpaired) electrons. The molecule has 2 N–H and O–H groups in total. The maximum absolute atomic E-state index is 13.3. The molecule has 7 heteroatoms. The van der Waals surface area contributed by atoms with E-state index in [-0.39, 0.29) is 5.82 Å². The van der Waals surface area contributed by atoms with Crippen molar-refractivity contribution in [3.05, 3.63) is 82.2 Å². The zero-order chi connectivity index (χ0) is 19.7. The van der Waals surface area contributed by atoms with Crippen molar-refractivity contribution in [3.63, 3.8) is 0 Å². The number of benzene rings is 2. The molecule has 0 aliphatic rings. The van der Waals surface area contributed by atoms with E-state index in [9.17, 15) is 14.0 Å². The summed E-state index contributed by atoms with van der Waals surface area (Å²) in [5.41, 5.74) is 2.63. The third-order valence-corrected chi connectivity index (χ3v) is 5.28. The highest BCUT2D eigenvalue weighted by molar-refractivity contribution is 7.15. The molecule has 0 fully saturated rings. The Morgan fingerprint density at radius 2 is 2.00 bits per heavy atom. The Morgan fingerprint density at radius 3 is 2.82 bits per heavy atom. The maximum Gasteiger partial charge on any atom is 0.298 e. The highest BCUT2D eigenvalue weighted by Crippen LogP contribution is 2.24. The van der Waals surface area contributed by atoms with Crippen LogP contribution in [-0.2, 0) is 11.2 Å². The van der Waals surface area contributed by atoms with Crippen LogP contribution in [0.25, 0.3) is 10.9 Å². The lowest BCUT2D eigenvalue weighted by atomic mass is 10.1. The molecule has 0 aliphatic heterocycles. The second kappa shape index (κ2) is 7.36. The number of carbonyl (C=O) groups is 2. The van der Waals surface area contributed by atoms with Gasteiger partial charge in [0.15, 0.2) is 5.13 Å². The Balaban J connectivity index is 1.50. The van der Waals surface area contributed by atoms with E-state index >= 15 is 0 Å². The van der Waals surface area contributed by atoms with Crippen LogP contribution in [0.15, 0.2) is 54.7 Å². The predicted octanol–water partition coefficient (Wildman–Crippen LogP) is 4.48. The predicted molar refractivity (Wildman–Crippen MR) is 107 cm³/mol. The average Bonchev–Trinajstić information content (AvgIpc) is 3.24. The number of carbonyl (C=O) groups excluding carboxylic acids is 2. The standard InChI is InChI=1S/C21H16FN3O2S/c1-12-18(16-7-2-3-8-17(16)24-12)19(26)20(27)25-21-23-11-15(28-21)10-13-5-4-6-14(22)9-13/h2-9,11,24H,10H2,1H3,(H,23,25,27). The highest BCUT2D eigenvalue weighted by Gasteiger charge is 2.23. The number of anilines is 1. The van der Waals surface area contributed by atoms with E-state index in [1.807, 2.05) is 24.3 Å². The van der Waals surface area contributed by atoms with E-state index in [0.29, 0.717) is 28.2 Å². The van der Waals surface area contributed by atoms with Gasteiger partial charge in [0, 0.05) is 34.1 Å². The topological polar surface area (TPSA) is 74.8 Å². The number of aromatic amines is 1. The van der Waals surface area contributed by atoms with Gasteiger partial charge in [0.05, 0.1) is 5.56 Å². The van der Waals surface area contributed by atoms with Crippen LogP contribution < -0.4 is 5.32 Å². The van der Waals surface area contributed by atoms with Crippen LogP contribution in [0.4, 0.5) is 9.52 Å². The van der Waals surface area contributed by atoms with E-state index in [1.54, 1.807) is 25.3 Å². The molecule has 5 nitrogen and oxygen atoms in total. The SMILES string of the molecule is Cc1[nH]c2ccccc2c1C(=O)C(=O)Nc1ncc(Cc2cccc(F)c2)s1. The summed E-state index contributed by atoms with van der Waals surface area (Å²) in [6.45, 7) is 1.76. The van der Waals surface area contributed by atoms with E-state index in [2.05, 4.69) is 15.3 Å². The lowest BCUT2D eigenvalue weighted by molar-refractivity contribution is -0.112. The van der Waals surface area contributed by atoms with E-state index in [1.165, 1.54) is 23.5 Å². The minimum atomic E-state index is -0.737. The molecule has 140 valence electrons. The molecule has 2 heterocycles. The average molecular weight is 393 g/mol. The van der Waals surface area contributed by atoms with Gasteiger partial charge in [0.1, 0.15) is 5.82 Å². The summed E-state index contributed by atoms with van der Waals surface area (Å²) >= 11 is 1.26. The normalized spacial score (nSPS) is 10.9. The van der Waals surface area contributed by atoms with Gasteiger partial charge in [-0.25, -0.2) is 9.37 Å². The van der Waals surface area contributed by atoms with Crippen molar-refractivity contribution >= 4 is 39.1 Å². The molecular formula is C21H16FN3O2S. The Bertz CT molecular complexity index is 1200. The Morgan fingerprint density at radius 1 is 1.18 bits per heavy atom. The van der Waals surface area contributed by atoms with E-state index in [4.69, 9.17) is 0 Å². The summed E-state index contributed by atoms with van der Waals surface area (Å²) in [6.07, 6.45) is 2.12. The fourth-order valence-corrected chi connectivity index (χ4v) is 3.97. The summed E-state index contributed by atoms with van der Waals surface area (Å²) in [5.74, 6) is -1.65. The first-order valence-electron chi connectivity index (χ1n) is 8.63. The zero-order valence-corrected chi connectivity index (χ0v) is 15.8. The number of Topliss-reactive ketones (excluding diaryl/α,β-unsaturated/α-hetero) is 1. The number of aryl methyl sites for hydroxylation is 1. The Kier molecular flexibility index (Phi) is 4.75. The van der Waals surface area contributed by atoms with Gasteiger partial charge < -0.3 is 4.98 Å². The lowest BCUT2D eigenvalue weighted by Crippen LogP contribution is -2.23. The second-order valence-electron chi connectivity index (χ2n) is 6.39. The number of hydrogen-bond acceptors (Lipinski definition) is 4. The van der Waals surface area contributed by atoms with Gasteiger partial charge in [-0.2, -0.15) is 0 Å². The van der Waals surface area contributed by atoms with Crippen LogP contribution in [0.1, 0.15) is 26.5 Å². The number of rotatable bonds is 5. The van der Waals surface area contributed by atoms with Crippen LogP contribution in [-0.4, -0.2) is 21.7 Å². The van der Waals surface area contributed by atoms with Crippen LogP contribution in [0.3, 0.4) is 0 Å². The van der Waals surface area contributed by atoms with Gasteiger partial charge >= 0.3 is 0 Å². The molecule has 2 aromatic carbocycles. The summed E-state index contributed by atoms with van der Waals surface area (Å²) in [7, 11) is 0. The van der Waals surface area contributed by atoms with Gasteiger partial charge in [-0.3, -0.25) is 14.9 Å². The number of fused-ring (bicyclic) bond motifs is 1. The molecule has 0 aliphatic carbocycles. The van der Waals surface area contributed by atoms with Crippen molar-refractivity contribution in [3.8, 4) is 0 Å². The van der Waals surface area contributed by atoms with Crippen LogP contribution in [0.5, 0.6) is 0 Å². The largest absolute Gasteiger partial charge is 0.358 e. The number of para-hydroxylation sites is 1. The smallest absolute Gasteiger partial charge is 0.298 e. The van der Waals surface area contributed by atoms with Crippen molar-refractivity contribution in [2.75, 3.05) is 5.32 Å². The first-order chi connectivity index (χ1) is 13.5. The number of nitrogens with zero attached hydrogens (tertiary/aromatic N) is 1. The van der Waals surface area contributed by atoms with Crippen LogP contribution >= 0.6 is 11.3 Å². The van der Waals surface area contributed by atoms with Crippen LogP contribution in [0.2, 0.25) is 0 Å². The van der Waals surface area contributed by atoms with Crippen molar-refractivity contribution in [2.24, 2.45) is 0 Å². The van der Waals surface area contributed by atoms with E-state index in [0.717, 1.165) is 16.0 Å². The second-order valence-corrected chi connectivity index (χ2v) is 7.51. The summed E-state index contributed by atoms with van der Waals surface area (Å²) in [4.78, 5) is 33.3. The number of amides is 1. The third-order valence-electron chi connectivity index (χ3n) is 4.37. The molecule has 0 saturated heterocycles. The molecular weight excluding hydrogens is 377 g/mol. The van der Waals surface area contributed by atoms with Gasteiger partial charge in [0.2, 0.25) is 0 Å². The summed E-state index contributed by atoms with van der Waals surface area (Å²) < 4.78 is 13.3. The van der Waals surface area contributed by atoms with Gasteiger partial charge in [0.25, 0.3) is 11.7 Å². The number of H-pyrrole nitrogens is 1. The molecule has 1 amide bonds. The monoisotopic (exact) mass is 393 g/mol. The Labute approximate surface area is 164 Å². The minimum Gasteiger partial charge on any atom is -0.358 e. The quantitative estimate of drug-likeness (QED) is 0.388.